The van der Waals surface area contributed by atoms with E-state index in [0.717, 1.165) is 45.3 Å². The van der Waals surface area contributed by atoms with Gasteiger partial charge in [-0.1, -0.05) is 0 Å². The van der Waals surface area contributed by atoms with Crippen molar-refractivity contribution in [3.63, 3.8) is 0 Å². The number of anilines is 2. The van der Waals surface area contributed by atoms with E-state index in [-0.39, 0.29) is 30.5 Å². The van der Waals surface area contributed by atoms with Crippen molar-refractivity contribution in [3.8, 4) is 11.6 Å². The quantitative estimate of drug-likeness (QED) is 0.544. The topological polar surface area (TPSA) is 91.9 Å². The highest BCUT2D eigenvalue weighted by molar-refractivity contribution is 5.95. The van der Waals surface area contributed by atoms with Crippen LogP contribution in [0.4, 0.5) is 24.8 Å². The number of alkyl halides is 3. The lowest BCUT2D eigenvalue weighted by atomic mass is 10.0. The number of halogens is 3. The average molecular weight is 523 g/mol. The van der Waals surface area contributed by atoms with E-state index < -0.39 is 17.6 Å². The SMILES string of the molecule is COc1cc(C(=O)NC2CCN(C)CC2)ccc1Nc1ncc(C(F)(F)F)c(OCC2CCCN2C)n1. The lowest BCUT2D eigenvalue weighted by molar-refractivity contribution is -0.139. The second-order valence-electron chi connectivity index (χ2n) is 9.59. The van der Waals surface area contributed by atoms with Crippen LogP contribution in [0.5, 0.6) is 11.6 Å². The number of piperidine rings is 1. The number of hydrogen-bond donors (Lipinski definition) is 2. The molecule has 4 rings (SSSR count). The zero-order valence-corrected chi connectivity index (χ0v) is 21.3. The zero-order chi connectivity index (χ0) is 26.6. The molecule has 1 amide bonds. The van der Waals surface area contributed by atoms with Crippen molar-refractivity contribution < 1.29 is 27.4 Å². The molecule has 2 aliphatic heterocycles. The second-order valence-corrected chi connectivity index (χ2v) is 9.59. The largest absolute Gasteiger partial charge is 0.495 e. The molecular weight excluding hydrogens is 489 g/mol. The molecule has 1 unspecified atom stereocenters. The maximum absolute atomic E-state index is 13.6. The van der Waals surface area contributed by atoms with E-state index >= 15 is 0 Å². The summed E-state index contributed by atoms with van der Waals surface area (Å²) in [4.78, 5) is 24.9. The highest BCUT2D eigenvalue weighted by Gasteiger charge is 2.37. The molecule has 1 atom stereocenters. The number of likely N-dealkylation sites (tertiary alicyclic amines) is 2. The molecular formula is C25H33F3N6O3. The van der Waals surface area contributed by atoms with Gasteiger partial charge in [-0.05, 0) is 77.6 Å². The number of amides is 1. The van der Waals surface area contributed by atoms with Crippen LogP contribution in [0.25, 0.3) is 0 Å². The van der Waals surface area contributed by atoms with Gasteiger partial charge < -0.3 is 29.9 Å². The number of nitrogens with one attached hydrogen (secondary N) is 2. The van der Waals surface area contributed by atoms with Gasteiger partial charge in [0, 0.05) is 23.8 Å². The number of hydrogen-bond acceptors (Lipinski definition) is 8. The van der Waals surface area contributed by atoms with E-state index in [1.807, 2.05) is 7.05 Å². The Morgan fingerprint density at radius 3 is 2.57 bits per heavy atom. The van der Waals surface area contributed by atoms with E-state index in [2.05, 4.69) is 37.4 Å². The van der Waals surface area contributed by atoms with Crippen LogP contribution in [0.2, 0.25) is 0 Å². The summed E-state index contributed by atoms with van der Waals surface area (Å²) >= 11 is 0. The second kappa shape index (κ2) is 11.5. The molecule has 0 spiro atoms. The van der Waals surface area contributed by atoms with Gasteiger partial charge in [0.05, 0.1) is 12.8 Å². The van der Waals surface area contributed by atoms with Gasteiger partial charge in [0.2, 0.25) is 11.8 Å². The molecule has 0 saturated carbocycles. The number of likely N-dealkylation sites (N-methyl/N-ethyl adjacent to an activating group) is 1. The molecule has 12 heteroatoms. The van der Waals surface area contributed by atoms with E-state index in [9.17, 15) is 18.0 Å². The Morgan fingerprint density at radius 1 is 1.16 bits per heavy atom. The minimum absolute atomic E-state index is 0.0285. The Morgan fingerprint density at radius 2 is 1.92 bits per heavy atom. The van der Waals surface area contributed by atoms with Crippen LogP contribution < -0.4 is 20.1 Å². The van der Waals surface area contributed by atoms with Gasteiger partial charge in [-0.3, -0.25) is 4.79 Å². The van der Waals surface area contributed by atoms with Crippen LogP contribution in [0.1, 0.15) is 41.6 Å². The molecule has 2 saturated heterocycles. The van der Waals surface area contributed by atoms with Crippen molar-refractivity contribution in [1.82, 2.24) is 25.1 Å². The summed E-state index contributed by atoms with van der Waals surface area (Å²) < 4.78 is 51.6. The van der Waals surface area contributed by atoms with Crippen LogP contribution >= 0.6 is 0 Å². The van der Waals surface area contributed by atoms with Crippen molar-refractivity contribution in [1.29, 1.82) is 0 Å². The van der Waals surface area contributed by atoms with Crippen LogP contribution in [0.3, 0.4) is 0 Å². The van der Waals surface area contributed by atoms with Crippen molar-refractivity contribution in [3.05, 3.63) is 35.5 Å². The summed E-state index contributed by atoms with van der Waals surface area (Å²) in [7, 11) is 5.42. The molecule has 2 fully saturated rings. The predicted octanol–water partition coefficient (Wildman–Crippen LogP) is 3.54. The fourth-order valence-electron chi connectivity index (χ4n) is 4.57. The summed E-state index contributed by atoms with van der Waals surface area (Å²) in [5.74, 6) is -0.490. The van der Waals surface area contributed by atoms with Gasteiger partial charge in [-0.25, -0.2) is 4.98 Å². The number of nitrogens with zero attached hydrogens (tertiary/aromatic N) is 4. The Labute approximate surface area is 214 Å². The number of ether oxygens (including phenoxy) is 2. The Hall–Kier alpha value is -3.12. The highest BCUT2D eigenvalue weighted by atomic mass is 19.4. The molecule has 3 heterocycles. The van der Waals surface area contributed by atoms with E-state index in [1.165, 1.54) is 7.11 Å². The first-order chi connectivity index (χ1) is 17.6. The summed E-state index contributed by atoms with van der Waals surface area (Å²) in [5.41, 5.74) is -0.217. The Bertz CT molecular complexity index is 1090. The van der Waals surface area contributed by atoms with Gasteiger partial charge in [0.25, 0.3) is 5.91 Å². The van der Waals surface area contributed by atoms with Crippen LogP contribution in [-0.4, -0.2) is 85.2 Å². The third-order valence-electron chi connectivity index (χ3n) is 6.91. The molecule has 1 aromatic heterocycles. The monoisotopic (exact) mass is 522 g/mol. The molecule has 0 radical (unpaired) electrons. The number of methoxy groups -OCH3 is 1. The minimum Gasteiger partial charge on any atom is -0.495 e. The molecule has 202 valence electrons. The van der Waals surface area contributed by atoms with Gasteiger partial charge in [0.15, 0.2) is 0 Å². The van der Waals surface area contributed by atoms with E-state index in [0.29, 0.717) is 23.2 Å². The fourth-order valence-corrected chi connectivity index (χ4v) is 4.57. The third-order valence-corrected chi connectivity index (χ3v) is 6.91. The maximum atomic E-state index is 13.6. The minimum atomic E-state index is -4.66. The Balaban J connectivity index is 1.48. The van der Waals surface area contributed by atoms with Crippen LogP contribution in [0, 0.1) is 0 Å². The van der Waals surface area contributed by atoms with Crippen LogP contribution in [-0.2, 0) is 6.18 Å². The van der Waals surface area contributed by atoms with E-state index in [4.69, 9.17) is 9.47 Å². The molecule has 2 aliphatic rings. The standard InChI is InChI=1S/C25H33F3N6O3/c1-33-11-8-17(9-12-33)30-22(35)16-6-7-20(21(13-16)36-3)31-24-29-14-19(25(26,27)28)23(32-24)37-15-18-5-4-10-34(18)2/h6-7,13-14,17-18H,4-5,8-12,15H2,1-3H3,(H,30,35)(H,29,31,32). The summed E-state index contributed by atoms with van der Waals surface area (Å²) in [6.07, 6.45) is -0.367. The number of aromatic nitrogens is 2. The average Bonchev–Trinajstić information content (AvgIpc) is 3.28. The first-order valence-electron chi connectivity index (χ1n) is 12.4. The van der Waals surface area contributed by atoms with Gasteiger partial charge >= 0.3 is 6.18 Å². The van der Waals surface area contributed by atoms with Crippen molar-refractivity contribution in [2.24, 2.45) is 0 Å². The number of carbonyl (C=O) groups is 1. The lowest BCUT2D eigenvalue weighted by Gasteiger charge is -2.29. The first kappa shape index (κ1) is 26.9. The maximum Gasteiger partial charge on any atom is 0.423 e. The van der Waals surface area contributed by atoms with Gasteiger partial charge in [-0.15, -0.1) is 0 Å². The van der Waals surface area contributed by atoms with Crippen molar-refractivity contribution in [2.45, 2.75) is 43.9 Å². The first-order valence-corrected chi connectivity index (χ1v) is 12.4. The smallest absolute Gasteiger partial charge is 0.423 e. The molecule has 0 bridgehead atoms. The Kier molecular flexibility index (Phi) is 8.38. The van der Waals surface area contributed by atoms with E-state index in [1.54, 1.807) is 18.2 Å². The van der Waals surface area contributed by atoms with Gasteiger partial charge in [0.1, 0.15) is 17.9 Å². The number of rotatable bonds is 8. The molecule has 2 N–H and O–H groups in total. The summed E-state index contributed by atoms with van der Waals surface area (Å²) in [5, 5.41) is 5.94. The molecule has 37 heavy (non-hydrogen) atoms. The molecule has 0 aliphatic carbocycles. The van der Waals surface area contributed by atoms with Crippen LogP contribution in [0.15, 0.2) is 24.4 Å². The summed E-state index contributed by atoms with van der Waals surface area (Å²) in [6.45, 7) is 2.82. The van der Waals surface area contributed by atoms with Gasteiger partial charge in [-0.2, -0.15) is 18.2 Å². The summed E-state index contributed by atoms with van der Waals surface area (Å²) in [6, 6.07) is 4.94. The predicted molar refractivity (Wildman–Crippen MR) is 132 cm³/mol. The van der Waals surface area contributed by atoms with Crippen molar-refractivity contribution in [2.75, 3.05) is 52.8 Å². The number of benzene rings is 1. The normalized spacial score (nSPS) is 19.6. The highest BCUT2D eigenvalue weighted by Crippen LogP contribution is 2.36. The van der Waals surface area contributed by atoms with Crippen molar-refractivity contribution >= 4 is 17.5 Å². The molecule has 2 aromatic rings. The molecule has 1 aromatic carbocycles. The third kappa shape index (κ3) is 6.80. The molecule has 9 nitrogen and oxygen atoms in total. The lowest BCUT2D eigenvalue weighted by Crippen LogP contribution is -2.43. The number of carbonyl (C=O) groups excluding carboxylic acids is 1. The fraction of sp³-hybridized carbons (Fsp3) is 0.560. The zero-order valence-electron chi connectivity index (χ0n) is 21.3.